The highest BCUT2D eigenvalue weighted by molar-refractivity contribution is 9.10. The van der Waals surface area contributed by atoms with E-state index in [1.165, 1.54) is 0 Å². The Morgan fingerprint density at radius 2 is 1.79 bits per heavy atom. The van der Waals surface area contributed by atoms with Gasteiger partial charge in [0.2, 0.25) is 0 Å². The molecule has 0 aliphatic carbocycles. The zero-order valence-corrected chi connectivity index (χ0v) is 13.0. The largest absolute Gasteiger partial charge is 0.457 e. The molecule has 2 aromatic rings. The highest BCUT2D eigenvalue weighted by atomic mass is 79.9. The van der Waals surface area contributed by atoms with E-state index in [-0.39, 0.29) is 6.61 Å². The molecule has 0 radical (unpaired) electrons. The van der Waals surface area contributed by atoms with Gasteiger partial charge in [-0.25, -0.2) is 0 Å². The van der Waals surface area contributed by atoms with Gasteiger partial charge >= 0.3 is 0 Å². The number of hydrogen-bond donors (Lipinski definition) is 1. The Bertz CT molecular complexity index is 588. The third kappa shape index (κ3) is 3.30. The molecule has 0 atom stereocenters. The van der Waals surface area contributed by atoms with Crippen molar-refractivity contribution in [2.24, 2.45) is 0 Å². The van der Waals surface area contributed by atoms with Gasteiger partial charge < -0.3 is 9.84 Å². The number of benzene rings is 2. The Balaban J connectivity index is 2.34. The number of ether oxygens (including phenoxy) is 1. The molecule has 2 aromatic carbocycles. The van der Waals surface area contributed by atoms with E-state index in [0.29, 0.717) is 5.02 Å². The lowest BCUT2D eigenvalue weighted by atomic mass is 10.1. The maximum atomic E-state index is 9.13. The SMILES string of the molecule is Cc1cc(Cl)cc(C)c1Oc1ccc(CO)c(Br)c1. The first-order chi connectivity index (χ1) is 9.01. The summed E-state index contributed by atoms with van der Waals surface area (Å²) in [7, 11) is 0. The monoisotopic (exact) mass is 340 g/mol. The summed E-state index contributed by atoms with van der Waals surface area (Å²) in [5, 5.41) is 9.84. The second kappa shape index (κ2) is 5.95. The minimum absolute atomic E-state index is 0.000135. The first-order valence-corrected chi connectivity index (χ1v) is 7.02. The van der Waals surface area contributed by atoms with Crippen LogP contribution in [0, 0.1) is 13.8 Å². The van der Waals surface area contributed by atoms with E-state index in [9.17, 15) is 0 Å². The van der Waals surface area contributed by atoms with Gasteiger partial charge in [-0.15, -0.1) is 0 Å². The first-order valence-electron chi connectivity index (χ1n) is 5.85. The molecule has 0 amide bonds. The molecular formula is C15H14BrClO2. The van der Waals surface area contributed by atoms with Gasteiger partial charge in [0, 0.05) is 9.50 Å². The van der Waals surface area contributed by atoms with E-state index < -0.39 is 0 Å². The Morgan fingerprint density at radius 3 is 2.32 bits per heavy atom. The predicted molar refractivity (Wildman–Crippen MR) is 81.1 cm³/mol. The topological polar surface area (TPSA) is 29.5 Å². The molecule has 0 saturated carbocycles. The van der Waals surface area contributed by atoms with Gasteiger partial charge in [-0.1, -0.05) is 33.6 Å². The number of rotatable bonds is 3. The van der Waals surface area contributed by atoms with Crippen LogP contribution in [0.1, 0.15) is 16.7 Å². The van der Waals surface area contributed by atoms with Crippen LogP contribution >= 0.6 is 27.5 Å². The molecule has 0 saturated heterocycles. The lowest BCUT2D eigenvalue weighted by molar-refractivity contribution is 0.281. The molecule has 0 aliphatic heterocycles. The van der Waals surface area contributed by atoms with E-state index >= 15 is 0 Å². The van der Waals surface area contributed by atoms with Crippen molar-refractivity contribution in [3.8, 4) is 11.5 Å². The third-order valence-electron chi connectivity index (χ3n) is 2.84. The fraction of sp³-hybridized carbons (Fsp3) is 0.200. The fourth-order valence-electron chi connectivity index (χ4n) is 1.90. The standard InChI is InChI=1S/C15H14BrClO2/c1-9-5-12(17)6-10(2)15(9)19-13-4-3-11(8-18)14(16)7-13/h3-7,18H,8H2,1-2H3. The molecule has 0 spiro atoms. The van der Waals surface area contributed by atoms with E-state index in [1.807, 2.05) is 44.2 Å². The number of hydrogen-bond acceptors (Lipinski definition) is 2. The number of aliphatic hydroxyl groups is 1. The number of aliphatic hydroxyl groups excluding tert-OH is 1. The van der Waals surface area contributed by atoms with Crippen LogP contribution in [0.2, 0.25) is 5.02 Å². The maximum Gasteiger partial charge on any atom is 0.133 e. The van der Waals surface area contributed by atoms with Crippen LogP contribution in [0.15, 0.2) is 34.8 Å². The molecule has 2 nitrogen and oxygen atoms in total. The molecule has 0 unspecified atom stereocenters. The molecule has 2 rings (SSSR count). The molecule has 0 bridgehead atoms. The summed E-state index contributed by atoms with van der Waals surface area (Å²) >= 11 is 9.41. The molecule has 19 heavy (non-hydrogen) atoms. The van der Waals surface area contributed by atoms with Crippen molar-refractivity contribution >= 4 is 27.5 Å². The van der Waals surface area contributed by atoms with Crippen molar-refractivity contribution in [1.82, 2.24) is 0 Å². The van der Waals surface area contributed by atoms with Gasteiger partial charge in [-0.05, 0) is 54.8 Å². The Morgan fingerprint density at radius 1 is 1.16 bits per heavy atom. The van der Waals surface area contributed by atoms with E-state index in [1.54, 1.807) is 0 Å². The summed E-state index contributed by atoms with van der Waals surface area (Å²) < 4.78 is 6.74. The number of aryl methyl sites for hydroxylation is 2. The van der Waals surface area contributed by atoms with Crippen molar-refractivity contribution in [2.75, 3.05) is 0 Å². The second-order valence-electron chi connectivity index (χ2n) is 4.38. The van der Waals surface area contributed by atoms with Crippen molar-refractivity contribution in [3.05, 3.63) is 56.5 Å². The maximum absolute atomic E-state index is 9.13. The summed E-state index contributed by atoms with van der Waals surface area (Å²) in [4.78, 5) is 0. The average Bonchev–Trinajstić information content (AvgIpc) is 2.34. The molecule has 0 aliphatic rings. The van der Waals surface area contributed by atoms with E-state index in [2.05, 4.69) is 15.9 Å². The van der Waals surface area contributed by atoms with Crippen LogP contribution in [0.4, 0.5) is 0 Å². The molecule has 100 valence electrons. The third-order valence-corrected chi connectivity index (χ3v) is 3.80. The van der Waals surface area contributed by atoms with Crippen LogP contribution in [0.25, 0.3) is 0 Å². The lowest BCUT2D eigenvalue weighted by Crippen LogP contribution is -1.93. The van der Waals surface area contributed by atoms with Gasteiger partial charge in [-0.3, -0.25) is 0 Å². The minimum atomic E-state index is -0.000135. The zero-order chi connectivity index (χ0) is 14.0. The number of halogens is 2. The van der Waals surface area contributed by atoms with Crippen LogP contribution in [-0.4, -0.2) is 5.11 Å². The predicted octanol–water partition coefficient (Wildman–Crippen LogP) is 5.00. The van der Waals surface area contributed by atoms with Crippen LogP contribution in [0.3, 0.4) is 0 Å². The fourth-order valence-corrected chi connectivity index (χ4v) is 2.71. The molecule has 0 fully saturated rings. The molecule has 0 aromatic heterocycles. The Labute approximate surface area is 126 Å². The van der Waals surface area contributed by atoms with Gasteiger partial charge in [0.05, 0.1) is 6.61 Å². The molecule has 0 heterocycles. The smallest absolute Gasteiger partial charge is 0.133 e. The molecule has 1 N–H and O–H groups in total. The summed E-state index contributed by atoms with van der Waals surface area (Å²) in [6.07, 6.45) is 0. The quantitative estimate of drug-likeness (QED) is 0.851. The summed E-state index contributed by atoms with van der Waals surface area (Å²) in [6, 6.07) is 9.27. The van der Waals surface area contributed by atoms with Gasteiger partial charge in [0.15, 0.2) is 0 Å². The summed E-state index contributed by atoms with van der Waals surface area (Å²) in [5.74, 6) is 1.53. The van der Waals surface area contributed by atoms with E-state index in [4.69, 9.17) is 21.4 Å². The van der Waals surface area contributed by atoms with Crippen LogP contribution in [0.5, 0.6) is 11.5 Å². The van der Waals surface area contributed by atoms with E-state index in [0.717, 1.165) is 32.7 Å². The van der Waals surface area contributed by atoms with Gasteiger partial charge in [0.1, 0.15) is 11.5 Å². The zero-order valence-electron chi connectivity index (χ0n) is 10.7. The normalized spacial score (nSPS) is 10.6. The summed E-state index contributed by atoms with van der Waals surface area (Å²) in [6.45, 7) is 3.93. The van der Waals surface area contributed by atoms with Gasteiger partial charge in [0.25, 0.3) is 0 Å². The summed E-state index contributed by atoms with van der Waals surface area (Å²) in [5.41, 5.74) is 2.82. The minimum Gasteiger partial charge on any atom is -0.457 e. The van der Waals surface area contributed by atoms with Crippen LogP contribution < -0.4 is 4.74 Å². The Hall–Kier alpha value is -1.03. The van der Waals surface area contributed by atoms with Crippen LogP contribution in [-0.2, 0) is 6.61 Å². The second-order valence-corrected chi connectivity index (χ2v) is 5.67. The Kier molecular flexibility index (Phi) is 4.50. The van der Waals surface area contributed by atoms with Gasteiger partial charge in [-0.2, -0.15) is 0 Å². The van der Waals surface area contributed by atoms with Crippen molar-refractivity contribution in [3.63, 3.8) is 0 Å². The average molecular weight is 342 g/mol. The highest BCUT2D eigenvalue weighted by Crippen LogP contribution is 2.33. The highest BCUT2D eigenvalue weighted by Gasteiger charge is 2.08. The molecule has 4 heteroatoms. The first kappa shape index (κ1) is 14.4. The van der Waals surface area contributed by atoms with Crippen molar-refractivity contribution in [2.45, 2.75) is 20.5 Å². The lowest BCUT2D eigenvalue weighted by Gasteiger charge is -2.13. The molecular weight excluding hydrogens is 328 g/mol. The van der Waals surface area contributed by atoms with Crippen molar-refractivity contribution in [1.29, 1.82) is 0 Å². The van der Waals surface area contributed by atoms with Crippen molar-refractivity contribution < 1.29 is 9.84 Å².